The van der Waals surface area contributed by atoms with Crippen LogP contribution in [0.4, 0.5) is 10.4 Å². The van der Waals surface area contributed by atoms with Crippen molar-refractivity contribution in [1.29, 1.82) is 0 Å². The number of benzene rings is 1. The first-order chi connectivity index (χ1) is 12.4. The molecule has 0 saturated carbocycles. The van der Waals surface area contributed by atoms with Crippen molar-refractivity contribution < 1.29 is 18.1 Å². The van der Waals surface area contributed by atoms with E-state index in [-0.39, 0.29) is 22.9 Å². The molecule has 1 amide bonds. The van der Waals surface area contributed by atoms with E-state index in [9.17, 15) is 9.18 Å². The summed E-state index contributed by atoms with van der Waals surface area (Å²) in [5.74, 6) is 0.123. The molecule has 1 saturated heterocycles. The third-order valence-corrected chi connectivity index (χ3v) is 4.67. The molecule has 0 bridgehead atoms. The Balaban J connectivity index is 1.44. The van der Waals surface area contributed by atoms with Crippen molar-refractivity contribution >= 4 is 34.6 Å². The first-order valence-electron chi connectivity index (χ1n) is 8.15. The van der Waals surface area contributed by atoms with E-state index in [4.69, 9.17) is 20.5 Å². The molecular formula is C17H16ClFN4O3. The molecule has 0 aliphatic carbocycles. The number of nitrogens with one attached hydrogen (secondary N) is 1. The summed E-state index contributed by atoms with van der Waals surface area (Å²) < 4.78 is 24.4. The average Bonchev–Trinajstić information content (AvgIpc) is 3.13. The number of halogens is 2. The molecule has 136 valence electrons. The number of rotatable bonds is 4. The van der Waals surface area contributed by atoms with Gasteiger partial charge in [0.1, 0.15) is 11.3 Å². The molecule has 0 spiro atoms. The molecular weight excluding hydrogens is 363 g/mol. The van der Waals surface area contributed by atoms with Crippen molar-refractivity contribution in [2.45, 2.75) is 25.8 Å². The van der Waals surface area contributed by atoms with Crippen LogP contribution in [0.5, 0.6) is 0 Å². The van der Waals surface area contributed by atoms with Gasteiger partial charge in [-0.15, -0.1) is 0 Å². The van der Waals surface area contributed by atoms with Gasteiger partial charge in [-0.3, -0.25) is 4.79 Å². The number of oxazole rings is 1. The molecule has 3 aromatic rings. The van der Waals surface area contributed by atoms with Crippen LogP contribution in [-0.2, 0) is 4.79 Å². The number of hydrogen-bond acceptors (Lipinski definition) is 6. The van der Waals surface area contributed by atoms with Gasteiger partial charge in [0.2, 0.25) is 5.91 Å². The molecule has 7 nitrogen and oxygen atoms in total. The lowest BCUT2D eigenvalue weighted by Crippen LogP contribution is -2.45. The Kier molecular flexibility index (Phi) is 4.07. The van der Waals surface area contributed by atoms with Crippen LogP contribution in [0.15, 0.2) is 27.1 Å². The Morgan fingerprint density at radius 3 is 2.92 bits per heavy atom. The minimum absolute atomic E-state index is 0.0160. The van der Waals surface area contributed by atoms with Crippen molar-refractivity contribution in [2.75, 3.05) is 18.0 Å². The summed E-state index contributed by atoms with van der Waals surface area (Å²) in [6, 6.07) is 4.72. The van der Waals surface area contributed by atoms with E-state index in [0.29, 0.717) is 36.0 Å². The van der Waals surface area contributed by atoms with Gasteiger partial charge in [-0.05, 0) is 13.0 Å². The van der Waals surface area contributed by atoms with Gasteiger partial charge in [-0.2, -0.15) is 4.98 Å². The lowest BCUT2D eigenvalue weighted by atomic mass is 9.96. The van der Waals surface area contributed by atoms with E-state index < -0.39 is 5.82 Å². The topological polar surface area (TPSA) is 84.4 Å². The summed E-state index contributed by atoms with van der Waals surface area (Å²) in [5.41, 5.74) is 1.69. The Hall–Kier alpha value is -2.61. The van der Waals surface area contributed by atoms with Crippen LogP contribution < -0.4 is 10.2 Å². The first-order valence-corrected chi connectivity index (χ1v) is 8.52. The molecule has 1 atom stereocenters. The highest BCUT2D eigenvalue weighted by molar-refractivity contribution is 6.31. The Morgan fingerprint density at radius 1 is 1.42 bits per heavy atom. The highest BCUT2D eigenvalue weighted by Crippen LogP contribution is 2.34. The van der Waals surface area contributed by atoms with Gasteiger partial charge < -0.3 is 19.2 Å². The quantitative estimate of drug-likeness (QED) is 0.749. The molecule has 0 radical (unpaired) electrons. The second kappa shape index (κ2) is 6.28. The number of aromatic nitrogens is 2. The Bertz CT molecular complexity index is 941. The van der Waals surface area contributed by atoms with Gasteiger partial charge in [-0.1, -0.05) is 16.8 Å². The van der Waals surface area contributed by atoms with E-state index in [0.717, 1.165) is 5.69 Å². The summed E-state index contributed by atoms with van der Waals surface area (Å²) in [5, 5.41) is 6.86. The number of carbonyl (C=O) groups excluding carboxylic acids is 1. The third-order valence-electron chi connectivity index (χ3n) is 4.38. The maximum atomic E-state index is 13.5. The van der Waals surface area contributed by atoms with E-state index in [1.807, 2.05) is 17.9 Å². The molecule has 9 heteroatoms. The molecule has 1 aromatic carbocycles. The largest absolute Gasteiger partial charge is 0.423 e. The second-order valence-electron chi connectivity index (χ2n) is 6.41. The van der Waals surface area contributed by atoms with E-state index in [1.165, 1.54) is 19.1 Å². The zero-order valence-corrected chi connectivity index (χ0v) is 14.9. The molecule has 26 heavy (non-hydrogen) atoms. The fourth-order valence-electron chi connectivity index (χ4n) is 2.94. The van der Waals surface area contributed by atoms with Crippen molar-refractivity contribution in [3.8, 4) is 0 Å². The lowest BCUT2D eigenvalue weighted by molar-refractivity contribution is -0.119. The van der Waals surface area contributed by atoms with Crippen LogP contribution in [0.25, 0.3) is 11.1 Å². The van der Waals surface area contributed by atoms with Gasteiger partial charge in [-0.25, -0.2) is 4.39 Å². The first kappa shape index (κ1) is 16.8. The van der Waals surface area contributed by atoms with Crippen LogP contribution in [0.2, 0.25) is 5.02 Å². The number of nitrogens with zero attached hydrogens (tertiary/aromatic N) is 3. The lowest BCUT2D eigenvalue weighted by Gasteiger charge is -2.36. The Labute approximate surface area is 153 Å². The van der Waals surface area contributed by atoms with Crippen molar-refractivity contribution in [3.05, 3.63) is 40.5 Å². The van der Waals surface area contributed by atoms with E-state index in [2.05, 4.69) is 15.5 Å². The predicted octanol–water partition coefficient (Wildman–Crippen LogP) is 3.41. The maximum Gasteiger partial charge on any atom is 0.298 e. The predicted molar refractivity (Wildman–Crippen MR) is 92.7 cm³/mol. The SMILES string of the molecule is CC(=O)N[C@@H](C)c1cc(C2CN(c3nc4cc(Cl)c(F)cc4o3)C2)no1. The van der Waals surface area contributed by atoms with Gasteiger partial charge >= 0.3 is 0 Å². The molecule has 2 aromatic heterocycles. The molecule has 1 aliphatic rings. The van der Waals surface area contributed by atoms with Crippen LogP contribution in [0.3, 0.4) is 0 Å². The molecule has 0 unspecified atom stereocenters. The van der Waals surface area contributed by atoms with Gasteiger partial charge in [0.15, 0.2) is 11.3 Å². The highest BCUT2D eigenvalue weighted by atomic mass is 35.5. The molecule has 3 heterocycles. The summed E-state index contributed by atoms with van der Waals surface area (Å²) in [6.45, 7) is 4.60. The number of amides is 1. The summed E-state index contributed by atoms with van der Waals surface area (Å²) in [4.78, 5) is 17.4. The van der Waals surface area contributed by atoms with E-state index in [1.54, 1.807) is 0 Å². The standard InChI is InChI=1S/C17H16ClFN4O3/c1-8(20-9(2)24)15-5-13(22-26-15)10-6-23(7-10)17-21-14-3-11(18)12(19)4-16(14)25-17/h3-5,8,10H,6-7H2,1-2H3,(H,20,24)/t8-/m0/s1. The molecule has 4 rings (SSSR count). The smallest absolute Gasteiger partial charge is 0.298 e. The third kappa shape index (κ3) is 3.01. The number of anilines is 1. The molecule has 1 aliphatic heterocycles. The van der Waals surface area contributed by atoms with Crippen LogP contribution >= 0.6 is 11.6 Å². The van der Waals surface area contributed by atoms with Gasteiger partial charge in [0, 0.05) is 38.1 Å². The molecule has 1 fully saturated rings. The monoisotopic (exact) mass is 378 g/mol. The fourth-order valence-corrected chi connectivity index (χ4v) is 3.10. The minimum Gasteiger partial charge on any atom is -0.423 e. The van der Waals surface area contributed by atoms with Crippen LogP contribution in [0.1, 0.15) is 37.3 Å². The van der Waals surface area contributed by atoms with Gasteiger partial charge in [0.25, 0.3) is 6.01 Å². The zero-order valence-electron chi connectivity index (χ0n) is 14.1. The average molecular weight is 379 g/mol. The molecule has 1 N–H and O–H groups in total. The number of carbonyl (C=O) groups is 1. The van der Waals surface area contributed by atoms with E-state index >= 15 is 0 Å². The fraction of sp³-hybridized carbons (Fsp3) is 0.353. The Morgan fingerprint density at radius 2 is 2.19 bits per heavy atom. The van der Waals surface area contributed by atoms with Gasteiger partial charge in [0.05, 0.1) is 16.8 Å². The zero-order chi connectivity index (χ0) is 18.4. The number of fused-ring (bicyclic) bond motifs is 1. The summed E-state index contributed by atoms with van der Waals surface area (Å²) in [7, 11) is 0. The minimum atomic E-state index is -0.535. The number of hydrogen-bond donors (Lipinski definition) is 1. The van der Waals surface area contributed by atoms with Crippen molar-refractivity contribution in [2.24, 2.45) is 0 Å². The van der Waals surface area contributed by atoms with Crippen molar-refractivity contribution in [1.82, 2.24) is 15.5 Å². The second-order valence-corrected chi connectivity index (χ2v) is 6.82. The normalized spacial score (nSPS) is 15.9. The maximum absolute atomic E-state index is 13.5. The van der Waals surface area contributed by atoms with Crippen molar-refractivity contribution in [3.63, 3.8) is 0 Å². The van der Waals surface area contributed by atoms with Crippen LogP contribution in [0, 0.1) is 5.82 Å². The summed E-state index contributed by atoms with van der Waals surface area (Å²) >= 11 is 5.77. The summed E-state index contributed by atoms with van der Waals surface area (Å²) in [6.07, 6.45) is 0. The van der Waals surface area contributed by atoms with Crippen LogP contribution in [-0.4, -0.2) is 29.1 Å². The highest BCUT2D eigenvalue weighted by Gasteiger charge is 2.34.